The molecule has 0 saturated heterocycles. The quantitative estimate of drug-likeness (QED) is 0.735. The molecule has 3 nitrogen and oxygen atoms in total. The number of benzene rings is 1. The first-order chi connectivity index (χ1) is 8.26. The smallest absolute Gasteiger partial charge is 0.119 e. The molecule has 1 unspecified atom stereocenters. The van der Waals surface area contributed by atoms with Gasteiger partial charge < -0.3 is 10.1 Å². The first-order valence-corrected chi connectivity index (χ1v) is 6.04. The third kappa shape index (κ3) is 4.08. The monoisotopic (exact) mass is 232 g/mol. The molecule has 0 aliphatic carbocycles. The lowest BCUT2D eigenvalue weighted by atomic mass is 9.92. The zero-order valence-electron chi connectivity index (χ0n) is 10.6. The summed E-state index contributed by atoms with van der Waals surface area (Å²) >= 11 is 0. The second-order valence-corrected chi connectivity index (χ2v) is 4.06. The molecule has 0 saturated carbocycles. The van der Waals surface area contributed by atoms with Crippen molar-refractivity contribution in [3.8, 4) is 11.8 Å². The van der Waals surface area contributed by atoms with Crippen molar-refractivity contribution in [2.24, 2.45) is 0 Å². The predicted octanol–water partition coefficient (Wildman–Crippen LogP) is 2.74. The summed E-state index contributed by atoms with van der Waals surface area (Å²) in [6.45, 7) is 2.67. The lowest BCUT2D eigenvalue weighted by Gasteiger charge is -2.24. The van der Waals surface area contributed by atoms with Crippen LogP contribution in [0.15, 0.2) is 30.3 Å². The van der Waals surface area contributed by atoms with Gasteiger partial charge in [0.1, 0.15) is 11.3 Å². The van der Waals surface area contributed by atoms with E-state index in [0.717, 1.165) is 25.0 Å². The van der Waals surface area contributed by atoms with Crippen LogP contribution in [0.2, 0.25) is 0 Å². The van der Waals surface area contributed by atoms with Crippen molar-refractivity contribution in [2.75, 3.05) is 13.7 Å². The Bertz CT molecular complexity index is 352. The van der Waals surface area contributed by atoms with Gasteiger partial charge in [-0.1, -0.05) is 25.1 Å². The van der Waals surface area contributed by atoms with Crippen molar-refractivity contribution >= 4 is 0 Å². The fourth-order valence-corrected chi connectivity index (χ4v) is 1.75. The Hall–Kier alpha value is -1.53. The van der Waals surface area contributed by atoms with Gasteiger partial charge in [-0.15, -0.1) is 0 Å². The van der Waals surface area contributed by atoms with Gasteiger partial charge in [0.2, 0.25) is 0 Å². The lowest BCUT2D eigenvalue weighted by Crippen LogP contribution is -2.41. The maximum Gasteiger partial charge on any atom is 0.119 e. The molecule has 92 valence electrons. The first kappa shape index (κ1) is 13.5. The van der Waals surface area contributed by atoms with Crippen molar-refractivity contribution in [2.45, 2.75) is 31.7 Å². The molecule has 0 fully saturated rings. The van der Waals surface area contributed by atoms with E-state index in [1.165, 1.54) is 0 Å². The van der Waals surface area contributed by atoms with Crippen LogP contribution < -0.4 is 10.1 Å². The van der Waals surface area contributed by atoms with Gasteiger partial charge in [-0.2, -0.15) is 5.26 Å². The normalized spacial score (nSPS) is 13.7. The van der Waals surface area contributed by atoms with Gasteiger partial charge in [-0.05, 0) is 38.4 Å². The molecule has 17 heavy (non-hydrogen) atoms. The maximum absolute atomic E-state index is 9.14. The summed E-state index contributed by atoms with van der Waals surface area (Å²) in [5, 5.41) is 12.2. The van der Waals surface area contributed by atoms with Gasteiger partial charge in [0.15, 0.2) is 0 Å². The molecule has 0 spiro atoms. The number of hydrogen-bond acceptors (Lipinski definition) is 3. The highest BCUT2D eigenvalue weighted by Crippen LogP contribution is 2.16. The Morgan fingerprint density at radius 2 is 2.06 bits per heavy atom. The van der Waals surface area contributed by atoms with E-state index in [1.54, 1.807) is 0 Å². The highest BCUT2D eigenvalue weighted by atomic mass is 16.5. The third-order valence-corrected chi connectivity index (χ3v) is 3.06. The average molecular weight is 232 g/mol. The number of ether oxygens (including phenoxy) is 1. The lowest BCUT2D eigenvalue weighted by molar-refractivity contribution is 0.281. The average Bonchev–Trinajstić information content (AvgIpc) is 2.41. The van der Waals surface area contributed by atoms with Crippen LogP contribution in [0.4, 0.5) is 0 Å². The number of nitrogens with one attached hydrogen (secondary N) is 1. The Labute approximate surface area is 103 Å². The Morgan fingerprint density at radius 3 is 2.59 bits per heavy atom. The van der Waals surface area contributed by atoms with E-state index >= 15 is 0 Å². The molecule has 1 N–H and O–H groups in total. The first-order valence-electron chi connectivity index (χ1n) is 6.04. The van der Waals surface area contributed by atoms with Crippen molar-refractivity contribution in [3.63, 3.8) is 0 Å². The summed E-state index contributed by atoms with van der Waals surface area (Å²) in [5.41, 5.74) is -0.403. The molecule has 0 bridgehead atoms. The van der Waals surface area contributed by atoms with Gasteiger partial charge >= 0.3 is 0 Å². The number of para-hydroxylation sites is 1. The molecule has 1 atom stereocenters. The largest absolute Gasteiger partial charge is 0.494 e. The molecular formula is C14H20N2O. The van der Waals surface area contributed by atoms with Crippen molar-refractivity contribution in [1.82, 2.24) is 5.32 Å². The second-order valence-electron chi connectivity index (χ2n) is 4.06. The molecule has 3 heteroatoms. The van der Waals surface area contributed by atoms with Gasteiger partial charge in [0.25, 0.3) is 0 Å². The molecule has 1 aromatic rings. The van der Waals surface area contributed by atoms with E-state index in [1.807, 2.05) is 44.3 Å². The van der Waals surface area contributed by atoms with Crippen LogP contribution in [0.5, 0.6) is 5.75 Å². The number of nitriles is 1. The maximum atomic E-state index is 9.14. The molecule has 0 aromatic heterocycles. The summed E-state index contributed by atoms with van der Waals surface area (Å²) in [6, 6.07) is 12.1. The Morgan fingerprint density at radius 1 is 1.35 bits per heavy atom. The molecule has 0 amide bonds. The van der Waals surface area contributed by atoms with Crippen LogP contribution in [0.3, 0.4) is 0 Å². The minimum absolute atomic E-state index is 0.403. The van der Waals surface area contributed by atoms with Crippen LogP contribution in [0.25, 0.3) is 0 Å². The van der Waals surface area contributed by atoms with Gasteiger partial charge in [-0.3, -0.25) is 0 Å². The Balaban J connectivity index is 2.31. The number of hydrogen-bond donors (Lipinski definition) is 1. The van der Waals surface area contributed by atoms with Crippen LogP contribution in [0, 0.1) is 11.3 Å². The van der Waals surface area contributed by atoms with Crippen LogP contribution >= 0.6 is 0 Å². The zero-order chi connectivity index (χ0) is 12.6. The topological polar surface area (TPSA) is 45.0 Å². The summed E-state index contributed by atoms with van der Waals surface area (Å²) < 4.78 is 5.60. The van der Waals surface area contributed by atoms with E-state index in [2.05, 4.69) is 11.4 Å². The summed E-state index contributed by atoms with van der Waals surface area (Å²) in [4.78, 5) is 0. The minimum atomic E-state index is -0.403. The van der Waals surface area contributed by atoms with Gasteiger partial charge in [0.05, 0.1) is 12.7 Å². The number of nitrogens with zero attached hydrogens (tertiary/aromatic N) is 1. The van der Waals surface area contributed by atoms with E-state index in [9.17, 15) is 0 Å². The molecule has 0 aliphatic heterocycles. The van der Waals surface area contributed by atoms with Gasteiger partial charge in [0, 0.05) is 0 Å². The molecule has 1 aromatic carbocycles. The van der Waals surface area contributed by atoms with E-state index in [-0.39, 0.29) is 0 Å². The Kier molecular flexibility index (Phi) is 5.51. The van der Waals surface area contributed by atoms with E-state index in [4.69, 9.17) is 10.00 Å². The zero-order valence-corrected chi connectivity index (χ0v) is 10.6. The molecule has 0 heterocycles. The van der Waals surface area contributed by atoms with Gasteiger partial charge in [-0.25, -0.2) is 0 Å². The van der Waals surface area contributed by atoms with Crippen LogP contribution in [-0.2, 0) is 0 Å². The SMILES string of the molecule is CCC(C#N)(CCCOc1ccccc1)NC. The number of rotatable bonds is 7. The summed E-state index contributed by atoms with van der Waals surface area (Å²) in [7, 11) is 1.84. The van der Waals surface area contributed by atoms with Crippen LogP contribution in [0.1, 0.15) is 26.2 Å². The second kappa shape index (κ2) is 6.93. The van der Waals surface area contributed by atoms with Crippen LogP contribution in [-0.4, -0.2) is 19.2 Å². The van der Waals surface area contributed by atoms with Crippen molar-refractivity contribution < 1.29 is 4.74 Å². The molecular weight excluding hydrogens is 212 g/mol. The van der Waals surface area contributed by atoms with Crippen molar-refractivity contribution in [1.29, 1.82) is 5.26 Å². The minimum Gasteiger partial charge on any atom is -0.494 e. The fraction of sp³-hybridized carbons (Fsp3) is 0.500. The fourth-order valence-electron chi connectivity index (χ4n) is 1.75. The third-order valence-electron chi connectivity index (χ3n) is 3.06. The highest BCUT2D eigenvalue weighted by Gasteiger charge is 2.24. The van der Waals surface area contributed by atoms with E-state index < -0.39 is 5.54 Å². The molecule has 1 rings (SSSR count). The summed E-state index contributed by atoms with van der Waals surface area (Å²) in [5.74, 6) is 0.885. The molecule has 0 radical (unpaired) electrons. The highest BCUT2D eigenvalue weighted by molar-refractivity contribution is 5.20. The van der Waals surface area contributed by atoms with E-state index in [0.29, 0.717) is 6.61 Å². The standard InChI is InChI=1S/C14H20N2O/c1-3-14(12-15,16-2)10-7-11-17-13-8-5-4-6-9-13/h4-6,8-9,16H,3,7,10-11H2,1-2H3. The predicted molar refractivity (Wildman–Crippen MR) is 68.9 cm³/mol. The molecule has 0 aliphatic rings. The van der Waals surface area contributed by atoms with Crippen molar-refractivity contribution in [3.05, 3.63) is 30.3 Å². The summed E-state index contributed by atoms with van der Waals surface area (Å²) in [6.07, 6.45) is 2.49.